The summed E-state index contributed by atoms with van der Waals surface area (Å²) in [6, 6.07) is 18.9. The van der Waals surface area contributed by atoms with Crippen molar-refractivity contribution in [3.63, 3.8) is 0 Å². The summed E-state index contributed by atoms with van der Waals surface area (Å²) in [5.41, 5.74) is 4.25. The number of aromatic amines is 1. The molecular weight excluding hydrogens is 410 g/mol. The standard InChI is InChI=1S/C27H31N5O/c1-18(22-4-3-5-24(14-22)33-17-20-8-11-28-12-9-20)30-27-16-26(31-19(2)32-27)23-7-6-21-10-13-29-25(21)15-23/h3-7,10,13-16,18,20,28-29H,8-9,11-12,17H2,1-2H3,(H,30,31,32). The van der Waals surface area contributed by atoms with Crippen LogP contribution in [0.4, 0.5) is 5.82 Å². The largest absolute Gasteiger partial charge is 0.493 e. The van der Waals surface area contributed by atoms with E-state index in [1.54, 1.807) is 0 Å². The fraction of sp³-hybridized carbons (Fsp3) is 0.333. The molecule has 1 atom stereocenters. The monoisotopic (exact) mass is 441 g/mol. The van der Waals surface area contributed by atoms with Gasteiger partial charge in [0.2, 0.25) is 0 Å². The molecule has 2 aromatic heterocycles. The number of anilines is 1. The van der Waals surface area contributed by atoms with Crippen LogP contribution in [0.1, 0.15) is 37.2 Å². The Hall–Kier alpha value is -3.38. The molecule has 0 radical (unpaired) electrons. The maximum atomic E-state index is 6.13. The van der Waals surface area contributed by atoms with Crippen LogP contribution >= 0.6 is 0 Å². The smallest absolute Gasteiger partial charge is 0.130 e. The molecule has 1 aliphatic heterocycles. The van der Waals surface area contributed by atoms with Crippen LogP contribution in [0.15, 0.2) is 60.8 Å². The van der Waals surface area contributed by atoms with Crippen LogP contribution in [0.25, 0.3) is 22.2 Å². The van der Waals surface area contributed by atoms with E-state index in [0.29, 0.717) is 5.92 Å². The van der Waals surface area contributed by atoms with Gasteiger partial charge in [0.05, 0.1) is 18.3 Å². The van der Waals surface area contributed by atoms with E-state index in [1.807, 2.05) is 25.3 Å². The van der Waals surface area contributed by atoms with Crippen LogP contribution in [-0.4, -0.2) is 34.6 Å². The van der Waals surface area contributed by atoms with Gasteiger partial charge in [-0.3, -0.25) is 0 Å². The summed E-state index contributed by atoms with van der Waals surface area (Å²) in [6.07, 6.45) is 4.33. The number of aromatic nitrogens is 3. The number of rotatable bonds is 7. The fourth-order valence-corrected chi connectivity index (χ4v) is 4.44. The maximum Gasteiger partial charge on any atom is 0.130 e. The topological polar surface area (TPSA) is 74.9 Å². The molecule has 3 N–H and O–H groups in total. The molecule has 0 amide bonds. The van der Waals surface area contributed by atoms with Gasteiger partial charge in [-0.15, -0.1) is 0 Å². The van der Waals surface area contributed by atoms with E-state index in [4.69, 9.17) is 4.74 Å². The Balaban J connectivity index is 1.29. The third-order valence-corrected chi connectivity index (χ3v) is 6.36. The van der Waals surface area contributed by atoms with E-state index < -0.39 is 0 Å². The molecule has 4 aromatic rings. The van der Waals surface area contributed by atoms with Gasteiger partial charge in [0.15, 0.2) is 0 Å². The van der Waals surface area contributed by atoms with Crippen LogP contribution in [0.2, 0.25) is 0 Å². The van der Waals surface area contributed by atoms with Crippen molar-refractivity contribution in [1.82, 2.24) is 20.3 Å². The lowest BCUT2D eigenvalue weighted by Crippen LogP contribution is -2.30. The van der Waals surface area contributed by atoms with Crippen molar-refractivity contribution in [1.29, 1.82) is 0 Å². The number of H-pyrrole nitrogens is 1. The first-order valence-electron chi connectivity index (χ1n) is 11.8. The highest BCUT2D eigenvalue weighted by Gasteiger charge is 2.14. The zero-order valence-electron chi connectivity index (χ0n) is 19.3. The normalized spacial score (nSPS) is 15.5. The molecule has 170 valence electrons. The minimum absolute atomic E-state index is 0.0838. The molecule has 5 rings (SSSR count). The molecule has 33 heavy (non-hydrogen) atoms. The molecule has 0 spiro atoms. The zero-order valence-corrected chi connectivity index (χ0v) is 19.3. The molecule has 1 aliphatic rings. The van der Waals surface area contributed by atoms with E-state index in [0.717, 1.165) is 53.9 Å². The van der Waals surface area contributed by atoms with E-state index in [-0.39, 0.29) is 6.04 Å². The first kappa shape index (κ1) is 21.5. The summed E-state index contributed by atoms with van der Waals surface area (Å²) in [7, 11) is 0. The quantitative estimate of drug-likeness (QED) is 0.354. The molecule has 0 aliphatic carbocycles. The first-order valence-corrected chi connectivity index (χ1v) is 11.8. The number of nitrogens with one attached hydrogen (secondary N) is 3. The van der Waals surface area contributed by atoms with Crippen LogP contribution < -0.4 is 15.4 Å². The number of aryl methyl sites for hydroxylation is 1. The van der Waals surface area contributed by atoms with Crippen molar-refractivity contribution in [2.75, 3.05) is 25.0 Å². The van der Waals surface area contributed by atoms with Crippen LogP contribution in [0, 0.1) is 12.8 Å². The highest BCUT2D eigenvalue weighted by Crippen LogP contribution is 2.27. The number of piperidine rings is 1. The van der Waals surface area contributed by atoms with Crippen LogP contribution in [0.3, 0.4) is 0 Å². The Bertz CT molecular complexity index is 1230. The number of nitrogens with zero attached hydrogens (tertiary/aromatic N) is 2. The third kappa shape index (κ3) is 5.17. The highest BCUT2D eigenvalue weighted by atomic mass is 16.5. The lowest BCUT2D eigenvalue weighted by molar-refractivity contribution is 0.215. The van der Waals surface area contributed by atoms with Crippen molar-refractivity contribution < 1.29 is 4.74 Å². The van der Waals surface area contributed by atoms with Gasteiger partial charge in [-0.25, -0.2) is 9.97 Å². The second-order valence-corrected chi connectivity index (χ2v) is 8.91. The highest BCUT2D eigenvalue weighted by molar-refractivity contribution is 5.84. The van der Waals surface area contributed by atoms with Crippen molar-refractivity contribution in [3.8, 4) is 17.0 Å². The summed E-state index contributed by atoms with van der Waals surface area (Å²) in [5.74, 6) is 3.13. The van der Waals surface area contributed by atoms with Gasteiger partial charge in [-0.2, -0.15) is 0 Å². The SMILES string of the molecule is Cc1nc(NC(C)c2cccc(OCC3CCNCC3)c2)cc(-c2ccc3cc[nH]c3c2)n1. The predicted octanol–water partition coefficient (Wildman–Crippen LogP) is 5.48. The van der Waals surface area contributed by atoms with Gasteiger partial charge in [-0.1, -0.05) is 24.3 Å². The molecule has 2 aromatic carbocycles. The van der Waals surface area contributed by atoms with Gasteiger partial charge in [-0.05, 0) is 80.9 Å². The Labute approximate surface area is 194 Å². The summed E-state index contributed by atoms with van der Waals surface area (Å²) in [5, 5.41) is 8.15. The molecule has 0 bridgehead atoms. The molecule has 6 heteroatoms. The average molecular weight is 442 g/mol. The van der Waals surface area contributed by atoms with Gasteiger partial charge < -0.3 is 20.4 Å². The lowest BCUT2D eigenvalue weighted by Gasteiger charge is -2.23. The molecule has 6 nitrogen and oxygen atoms in total. The molecule has 1 unspecified atom stereocenters. The summed E-state index contributed by atoms with van der Waals surface area (Å²) < 4.78 is 6.13. The minimum atomic E-state index is 0.0838. The number of benzene rings is 2. The Morgan fingerprint density at radius 1 is 1.06 bits per heavy atom. The van der Waals surface area contributed by atoms with Crippen molar-refractivity contribution in [2.45, 2.75) is 32.7 Å². The van der Waals surface area contributed by atoms with Crippen molar-refractivity contribution >= 4 is 16.7 Å². The molecule has 3 heterocycles. The Morgan fingerprint density at radius 2 is 1.94 bits per heavy atom. The Kier molecular flexibility index (Phi) is 6.26. The summed E-state index contributed by atoms with van der Waals surface area (Å²) in [6.45, 7) is 7.05. The van der Waals surface area contributed by atoms with Crippen LogP contribution in [-0.2, 0) is 0 Å². The van der Waals surface area contributed by atoms with Gasteiger partial charge in [0, 0.05) is 23.3 Å². The second kappa shape index (κ2) is 9.63. The molecule has 0 saturated carbocycles. The first-order chi connectivity index (χ1) is 16.1. The van der Waals surface area contributed by atoms with Crippen molar-refractivity contribution in [2.24, 2.45) is 5.92 Å². The number of ether oxygens (including phenoxy) is 1. The summed E-state index contributed by atoms with van der Waals surface area (Å²) in [4.78, 5) is 12.6. The molecule has 1 saturated heterocycles. The summed E-state index contributed by atoms with van der Waals surface area (Å²) >= 11 is 0. The molecule has 1 fully saturated rings. The third-order valence-electron chi connectivity index (χ3n) is 6.36. The van der Waals surface area contributed by atoms with Crippen molar-refractivity contribution in [3.05, 3.63) is 72.2 Å². The van der Waals surface area contributed by atoms with E-state index in [1.165, 1.54) is 23.8 Å². The number of fused-ring (bicyclic) bond motifs is 1. The molecular formula is C27H31N5O. The second-order valence-electron chi connectivity index (χ2n) is 8.91. The number of hydrogen-bond acceptors (Lipinski definition) is 5. The number of hydrogen-bond donors (Lipinski definition) is 3. The minimum Gasteiger partial charge on any atom is -0.493 e. The Morgan fingerprint density at radius 3 is 2.82 bits per heavy atom. The average Bonchev–Trinajstić information content (AvgIpc) is 3.31. The van der Waals surface area contributed by atoms with Crippen LogP contribution in [0.5, 0.6) is 5.75 Å². The fourth-order valence-electron chi connectivity index (χ4n) is 4.44. The van der Waals surface area contributed by atoms with Gasteiger partial charge >= 0.3 is 0 Å². The maximum absolute atomic E-state index is 6.13. The lowest BCUT2D eigenvalue weighted by atomic mass is 9.99. The van der Waals surface area contributed by atoms with E-state index in [2.05, 4.69) is 75.0 Å². The van der Waals surface area contributed by atoms with E-state index >= 15 is 0 Å². The van der Waals surface area contributed by atoms with Gasteiger partial charge in [0.1, 0.15) is 17.4 Å². The van der Waals surface area contributed by atoms with E-state index in [9.17, 15) is 0 Å². The van der Waals surface area contributed by atoms with Gasteiger partial charge in [0.25, 0.3) is 0 Å². The zero-order chi connectivity index (χ0) is 22.6. The predicted molar refractivity (Wildman–Crippen MR) is 134 cm³/mol.